The van der Waals surface area contributed by atoms with E-state index in [4.69, 9.17) is 4.74 Å². The number of nitrogens with zero attached hydrogens (tertiary/aromatic N) is 2. The molecule has 0 aromatic carbocycles. The maximum atomic E-state index is 12.4. The van der Waals surface area contributed by atoms with Gasteiger partial charge in [0.25, 0.3) is 5.88 Å². The van der Waals surface area contributed by atoms with Crippen LogP contribution in [0.25, 0.3) is 0 Å². The van der Waals surface area contributed by atoms with Crippen molar-refractivity contribution >= 4 is 16.2 Å². The summed E-state index contributed by atoms with van der Waals surface area (Å²) >= 11 is 0. The van der Waals surface area contributed by atoms with E-state index < -0.39 is 33.2 Å². The van der Waals surface area contributed by atoms with Crippen molar-refractivity contribution in [3.8, 4) is 5.88 Å². The Hall–Kier alpha value is -1.98. The summed E-state index contributed by atoms with van der Waals surface area (Å²) in [5, 5.41) is 5.88. The van der Waals surface area contributed by atoms with Gasteiger partial charge in [-0.2, -0.15) is 21.6 Å². The maximum Gasteiger partial charge on any atom is 0.534 e. The molecule has 136 valence electrons. The van der Waals surface area contributed by atoms with Crippen molar-refractivity contribution in [3.05, 3.63) is 11.3 Å². The minimum Gasteiger partial charge on any atom is -0.444 e. The molecule has 1 N–H and O–H groups in total. The topological polar surface area (TPSA) is 102 Å². The molecule has 24 heavy (non-hydrogen) atoms. The van der Waals surface area contributed by atoms with Crippen LogP contribution in [0.4, 0.5) is 18.0 Å². The number of carbonyl (C=O) groups excluding carboxylic acids is 1. The molecule has 1 amide bonds. The Balaban J connectivity index is 2.20. The number of amides is 1. The Morgan fingerprint density at radius 3 is 2.46 bits per heavy atom. The number of carbonyl (C=O) groups is 1. The highest BCUT2D eigenvalue weighted by molar-refractivity contribution is 7.87. The summed E-state index contributed by atoms with van der Waals surface area (Å²) in [6.07, 6.45) is -0.421. The van der Waals surface area contributed by atoms with Gasteiger partial charge in [-0.3, -0.25) is 5.10 Å². The van der Waals surface area contributed by atoms with Gasteiger partial charge in [0.1, 0.15) is 5.60 Å². The van der Waals surface area contributed by atoms with Crippen molar-refractivity contribution in [1.82, 2.24) is 15.1 Å². The summed E-state index contributed by atoms with van der Waals surface area (Å²) in [5.74, 6) is -0.726. The molecule has 0 atom stereocenters. The lowest BCUT2D eigenvalue weighted by Crippen LogP contribution is -2.40. The maximum absolute atomic E-state index is 12.4. The first kappa shape index (κ1) is 18.4. The number of halogens is 3. The third kappa shape index (κ3) is 3.91. The van der Waals surface area contributed by atoms with E-state index in [1.165, 1.54) is 4.90 Å². The first-order valence-electron chi connectivity index (χ1n) is 6.85. The highest BCUT2D eigenvalue weighted by atomic mass is 32.2. The molecule has 0 saturated heterocycles. The molecule has 0 saturated carbocycles. The van der Waals surface area contributed by atoms with Crippen molar-refractivity contribution in [3.63, 3.8) is 0 Å². The summed E-state index contributed by atoms with van der Waals surface area (Å²) in [7, 11) is -5.84. The molecular weight excluding hydrogens is 355 g/mol. The summed E-state index contributed by atoms with van der Waals surface area (Å²) in [5.41, 5.74) is -5.84. The first-order chi connectivity index (χ1) is 10.8. The molecule has 0 fully saturated rings. The van der Waals surface area contributed by atoms with E-state index in [1.807, 2.05) is 0 Å². The molecule has 0 bridgehead atoms. The Morgan fingerprint density at radius 1 is 1.29 bits per heavy atom. The molecule has 2 heterocycles. The number of aromatic amines is 1. The fraction of sp³-hybridized carbons (Fsp3) is 0.667. The monoisotopic (exact) mass is 371 g/mol. The van der Waals surface area contributed by atoms with E-state index in [1.54, 1.807) is 20.8 Å². The number of hydrogen-bond acceptors (Lipinski definition) is 6. The third-order valence-electron chi connectivity index (χ3n) is 3.02. The molecular formula is C12H16F3N3O5S. The smallest absolute Gasteiger partial charge is 0.444 e. The standard InChI is InChI=1S/C12H16F3N3O5S/c1-11(2,3)22-10(19)18-5-4-8-7(6-18)9(17-16-8)23-24(20,21)12(13,14)15/h4-6H2,1-3H3,(H,16,17). The van der Waals surface area contributed by atoms with Crippen LogP contribution in [-0.4, -0.2) is 47.3 Å². The van der Waals surface area contributed by atoms with E-state index in [0.717, 1.165) is 0 Å². The van der Waals surface area contributed by atoms with E-state index >= 15 is 0 Å². The lowest BCUT2D eigenvalue weighted by molar-refractivity contribution is -0.0502. The molecule has 1 aromatic heterocycles. The third-order valence-corrected chi connectivity index (χ3v) is 3.96. The van der Waals surface area contributed by atoms with Crippen LogP contribution >= 0.6 is 0 Å². The van der Waals surface area contributed by atoms with E-state index in [-0.39, 0.29) is 25.1 Å². The Kier molecular flexibility index (Phi) is 4.46. The van der Waals surface area contributed by atoms with E-state index in [0.29, 0.717) is 5.69 Å². The molecule has 0 spiro atoms. The molecule has 1 aromatic rings. The van der Waals surface area contributed by atoms with Gasteiger partial charge < -0.3 is 13.8 Å². The Morgan fingerprint density at radius 2 is 1.92 bits per heavy atom. The Bertz CT molecular complexity index is 736. The van der Waals surface area contributed by atoms with Gasteiger partial charge in [-0.05, 0) is 20.8 Å². The normalized spacial score (nSPS) is 15.8. The summed E-state index contributed by atoms with van der Waals surface area (Å²) in [4.78, 5) is 13.3. The summed E-state index contributed by atoms with van der Waals surface area (Å²) in [6, 6.07) is 0. The highest BCUT2D eigenvalue weighted by Crippen LogP contribution is 2.31. The number of H-pyrrole nitrogens is 1. The minimum atomic E-state index is -5.84. The number of alkyl halides is 3. The highest BCUT2D eigenvalue weighted by Gasteiger charge is 2.49. The fourth-order valence-corrected chi connectivity index (χ4v) is 2.41. The van der Waals surface area contributed by atoms with E-state index in [9.17, 15) is 26.4 Å². The van der Waals surface area contributed by atoms with Gasteiger partial charge in [-0.15, -0.1) is 5.10 Å². The zero-order valence-electron chi connectivity index (χ0n) is 13.1. The van der Waals surface area contributed by atoms with Gasteiger partial charge >= 0.3 is 21.7 Å². The number of rotatable bonds is 2. The van der Waals surface area contributed by atoms with Crippen molar-refractivity contribution in [2.24, 2.45) is 0 Å². The predicted octanol–water partition coefficient (Wildman–Crippen LogP) is 1.93. The largest absolute Gasteiger partial charge is 0.534 e. The molecule has 1 aliphatic heterocycles. The second kappa shape index (κ2) is 5.83. The van der Waals surface area contributed by atoms with Gasteiger partial charge in [-0.1, -0.05) is 0 Å². The molecule has 0 aliphatic carbocycles. The quantitative estimate of drug-likeness (QED) is 0.630. The molecule has 0 radical (unpaired) electrons. The molecule has 0 unspecified atom stereocenters. The second-order valence-corrected chi connectivity index (χ2v) is 7.66. The lowest BCUT2D eigenvalue weighted by atomic mass is 10.1. The van der Waals surface area contributed by atoms with Crippen LogP contribution in [0.5, 0.6) is 5.88 Å². The average molecular weight is 371 g/mol. The van der Waals surface area contributed by atoms with Gasteiger partial charge in [0.2, 0.25) is 0 Å². The number of hydrogen-bond donors (Lipinski definition) is 1. The average Bonchev–Trinajstić information content (AvgIpc) is 2.77. The SMILES string of the molecule is CC(C)(C)OC(=O)N1CCc2[nH]nc(OS(=O)(=O)C(F)(F)F)c2C1. The zero-order chi connectivity index (χ0) is 18.3. The lowest BCUT2D eigenvalue weighted by Gasteiger charge is -2.29. The van der Waals surface area contributed by atoms with E-state index in [2.05, 4.69) is 14.4 Å². The van der Waals surface area contributed by atoms with Gasteiger partial charge in [-0.25, -0.2) is 4.79 Å². The van der Waals surface area contributed by atoms with Crippen LogP contribution < -0.4 is 4.18 Å². The molecule has 2 rings (SSSR count). The van der Waals surface area contributed by atoms with Crippen LogP contribution in [-0.2, 0) is 27.8 Å². The molecule has 8 nitrogen and oxygen atoms in total. The number of aromatic nitrogens is 2. The van der Waals surface area contributed by atoms with Crippen molar-refractivity contribution in [2.45, 2.75) is 44.8 Å². The first-order valence-corrected chi connectivity index (χ1v) is 8.26. The van der Waals surface area contributed by atoms with Crippen LogP contribution in [0.15, 0.2) is 0 Å². The predicted molar refractivity (Wildman–Crippen MR) is 74.5 cm³/mol. The van der Waals surface area contributed by atoms with Gasteiger partial charge in [0.05, 0.1) is 12.1 Å². The summed E-state index contributed by atoms with van der Waals surface area (Å²) < 4.78 is 68.7. The van der Waals surface area contributed by atoms with Crippen LogP contribution in [0.3, 0.4) is 0 Å². The number of nitrogens with one attached hydrogen (secondary N) is 1. The van der Waals surface area contributed by atoms with Crippen LogP contribution in [0.1, 0.15) is 32.0 Å². The van der Waals surface area contributed by atoms with Crippen molar-refractivity contribution in [2.75, 3.05) is 6.54 Å². The number of fused-ring (bicyclic) bond motifs is 1. The Labute approximate surface area is 136 Å². The van der Waals surface area contributed by atoms with Crippen molar-refractivity contribution < 1.29 is 35.3 Å². The van der Waals surface area contributed by atoms with Crippen LogP contribution in [0, 0.1) is 0 Å². The van der Waals surface area contributed by atoms with Gasteiger partial charge in [0.15, 0.2) is 0 Å². The molecule has 12 heteroatoms. The fourth-order valence-electron chi connectivity index (χ4n) is 1.97. The van der Waals surface area contributed by atoms with Crippen LogP contribution in [0.2, 0.25) is 0 Å². The molecule has 1 aliphatic rings. The van der Waals surface area contributed by atoms with Crippen molar-refractivity contribution in [1.29, 1.82) is 0 Å². The number of ether oxygens (including phenoxy) is 1. The second-order valence-electron chi connectivity index (χ2n) is 6.12. The zero-order valence-corrected chi connectivity index (χ0v) is 13.9. The minimum absolute atomic E-state index is 0.0694. The summed E-state index contributed by atoms with van der Waals surface area (Å²) in [6.45, 7) is 5.08. The van der Waals surface area contributed by atoms with Gasteiger partial charge in [0, 0.05) is 18.7 Å².